The lowest BCUT2D eigenvalue weighted by atomic mass is 9.77. The van der Waals surface area contributed by atoms with E-state index in [2.05, 4.69) is 11.4 Å². The predicted octanol–water partition coefficient (Wildman–Crippen LogP) is 3.65. The van der Waals surface area contributed by atoms with Crippen LogP contribution in [0.15, 0.2) is 35.7 Å². The molecule has 1 aromatic carbocycles. The number of carbonyl (C=O) groups is 1. The molecule has 2 aliphatic rings. The number of ether oxygens (including phenoxy) is 2. The lowest BCUT2D eigenvalue weighted by molar-refractivity contribution is -0.126. The number of hydrogen-bond donors (Lipinski definition) is 1. The lowest BCUT2D eigenvalue weighted by Crippen LogP contribution is -2.42. The number of benzene rings is 1. The fourth-order valence-corrected chi connectivity index (χ4v) is 4.36. The maximum atomic E-state index is 13.1. The number of hydrogen-bond acceptors (Lipinski definition) is 4. The van der Waals surface area contributed by atoms with Gasteiger partial charge >= 0.3 is 0 Å². The van der Waals surface area contributed by atoms with E-state index in [4.69, 9.17) is 9.47 Å². The first-order chi connectivity index (χ1) is 11.8. The van der Waals surface area contributed by atoms with Gasteiger partial charge in [0.1, 0.15) is 13.2 Å². The minimum absolute atomic E-state index is 0.130. The van der Waals surface area contributed by atoms with Gasteiger partial charge in [0.15, 0.2) is 11.5 Å². The number of rotatable bonds is 4. The van der Waals surface area contributed by atoms with Gasteiger partial charge < -0.3 is 14.8 Å². The van der Waals surface area contributed by atoms with Gasteiger partial charge in [0.25, 0.3) is 0 Å². The Labute approximate surface area is 145 Å². The largest absolute Gasteiger partial charge is 0.486 e. The molecule has 0 radical (unpaired) electrons. The van der Waals surface area contributed by atoms with Crippen molar-refractivity contribution in [3.05, 3.63) is 46.2 Å². The maximum Gasteiger partial charge on any atom is 0.230 e. The number of amides is 1. The predicted molar refractivity (Wildman–Crippen MR) is 93.7 cm³/mol. The topological polar surface area (TPSA) is 47.6 Å². The molecular weight excluding hydrogens is 322 g/mol. The zero-order chi connectivity index (χ0) is 16.4. The Hall–Kier alpha value is -2.01. The molecule has 4 rings (SSSR count). The fourth-order valence-electron chi connectivity index (χ4n) is 3.72. The van der Waals surface area contributed by atoms with Crippen molar-refractivity contribution in [1.29, 1.82) is 0 Å². The van der Waals surface area contributed by atoms with Gasteiger partial charge in [-0.25, -0.2) is 0 Å². The highest BCUT2D eigenvalue weighted by atomic mass is 32.1. The Morgan fingerprint density at radius 2 is 1.92 bits per heavy atom. The van der Waals surface area contributed by atoms with Gasteiger partial charge in [-0.3, -0.25) is 4.79 Å². The molecule has 1 aliphatic carbocycles. The molecular formula is C19H21NO3S. The zero-order valence-corrected chi connectivity index (χ0v) is 14.4. The molecule has 0 spiro atoms. The molecule has 0 atom stereocenters. The summed E-state index contributed by atoms with van der Waals surface area (Å²) < 4.78 is 11.3. The summed E-state index contributed by atoms with van der Waals surface area (Å²) in [6.07, 6.45) is 3.95. The zero-order valence-electron chi connectivity index (χ0n) is 13.5. The molecule has 2 heterocycles. The molecule has 2 aromatic rings. The molecule has 4 nitrogen and oxygen atoms in total. The van der Waals surface area contributed by atoms with E-state index in [1.165, 1.54) is 4.88 Å². The van der Waals surface area contributed by atoms with Crippen LogP contribution in [0.25, 0.3) is 0 Å². The summed E-state index contributed by atoms with van der Waals surface area (Å²) in [4.78, 5) is 14.2. The van der Waals surface area contributed by atoms with Crippen LogP contribution in [-0.4, -0.2) is 19.1 Å². The summed E-state index contributed by atoms with van der Waals surface area (Å²) in [5.74, 6) is 1.67. The van der Waals surface area contributed by atoms with Crippen molar-refractivity contribution >= 4 is 17.2 Å². The summed E-state index contributed by atoms with van der Waals surface area (Å²) >= 11 is 1.67. The highest BCUT2D eigenvalue weighted by Gasteiger charge is 2.43. The molecule has 126 valence electrons. The van der Waals surface area contributed by atoms with Crippen LogP contribution >= 0.6 is 11.3 Å². The van der Waals surface area contributed by atoms with Crippen molar-refractivity contribution < 1.29 is 14.3 Å². The van der Waals surface area contributed by atoms with E-state index >= 15 is 0 Å². The van der Waals surface area contributed by atoms with Crippen molar-refractivity contribution in [3.63, 3.8) is 0 Å². The van der Waals surface area contributed by atoms with E-state index in [1.807, 2.05) is 29.6 Å². The van der Waals surface area contributed by atoms with Gasteiger partial charge in [-0.1, -0.05) is 25.0 Å². The Morgan fingerprint density at radius 1 is 1.12 bits per heavy atom. The number of nitrogens with one attached hydrogen (secondary N) is 1. The quantitative estimate of drug-likeness (QED) is 0.922. The summed E-state index contributed by atoms with van der Waals surface area (Å²) in [6, 6.07) is 10.0. The Balaban J connectivity index is 1.59. The minimum atomic E-state index is -0.437. The van der Waals surface area contributed by atoms with Crippen LogP contribution in [0.1, 0.15) is 36.1 Å². The van der Waals surface area contributed by atoms with Crippen molar-refractivity contribution in [3.8, 4) is 11.5 Å². The van der Waals surface area contributed by atoms with Gasteiger partial charge in [-0.15, -0.1) is 11.3 Å². The van der Waals surface area contributed by atoms with Gasteiger partial charge in [-0.2, -0.15) is 0 Å². The molecule has 0 unspecified atom stereocenters. The Bertz CT molecular complexity index is 720. The van der Waals surface area contributed by atoms with E-state index in [-0.39, 0.29) is 5.91 Å². The summed E-state index contributed by atoms with van der Waals surface area (Å²) in [6.45, 7) is 1.75. The third-order valence-electron chi connectivity index (χ3n) is 4.99. The summed E-state index contributed by atoms with van der Waals surface area (Å²) in [7, 11) is 0. The first-order valence-corrected chi connectivity index (χ1v) is 9.37. The third kappa shape index (κ3) is 2.77. The number of fused-ring (bicyclic) bond motifs is 1. The third-order valence-corrected chi connectivity index (χ3v) is 5.87. The molecule has 1 N–H and O–H groups in total. The van der Waals surface area contributed by atoms with Crippen molar-refractivity contribution in [2.45, 2.75) is 37.6 Å². The van der Waals surface area contributed by atoms with Crippen LogP contribution in [0, 0.1) is 0 Å². The van der Waals surface area contributed by atoms with E-state index in [0.29, 0.717) is 19.8 Å². The first-order valence-electron chi connectivity index (χ1n) is 8.49. The maximum absolute atomic E-state index is 13.1. The number of thiophene rings is 1. The van der Waals surface area contributed by atoms with Gasteiger partial charge in [0, 0.05) is 4.88 Å². The van der Waals surface area contributed by atoms with Gasteiger partial charge in [-0.05, 0) is 42.0 Å². The van der Waals surface area contributed by atoms with Crippen molar-refractivity contribution in [2.75, 3.05) is 13.2 Å². The molecule has 1 aliphatic heterocycles. The highest BCUT2D eigenvalue weighted by molar-refractivity contribution is 7.09. The molecule has 1 fully saturated rings. The Kier molecular flexibility index (Phi) is 4.19. The fraction of sp³-hybridized carbons (Fsp3) is 0.421. The van der Waals surface area contributed by atoms with Crippen LogP contribution < -0.4 is 14.8 Å². The summed E-state index contributed by atoms with van der Waals surface area (Å²) in [5, 5.41) is 5.18. The van der Waals surface area contributed by atoms with E-state index < -0.39 is 5.41 Å². The SMILES string of the molecule is O=C(NCc1cccs1)C1(c2ccc3c(c2)OCCO3)CCCC1. The van der Waals surface area contributed by atoms with Crippen LogP contribution in [0.5, 0.6) is 11.5 Å². The van der Waals surface area contributed by atoms with Crippen LogP contribution in [0.3, 0.4) is 0 Å². The molecule has 5 heteroatoms. The second kappa shape index (κ2) is 6.48. The lowest BCUT2D eigenvalue weighted by Gasteiger charge is -2.29. The van der Waals surface area contributed by atoms with Crippen LogP contribution in [0.4, 0.5) is 0 Å². The smallest absolute Gasteiger partial charge is 0.230 e. The molecule has 0 bridgehead atoms. The summed E-state index contributed by atoms with van der Waals surface area (Å²) in [5.41, 5.74) is 0.612. The molecule has 0 saturated heterocycles. The molecule has 1 amide bonds. The standard InChI is InChI=1S/C19H21NO3S/c21-18(20-13-15-4-3-11-24-15)19(7-1-2-8-19)14-5-6-16-17(12-14)23-10-9-22-16/h3-6,11-12H,1-2,7-10,13H2,(H,20,21). The van der Waals surface area contributed by atoms with Crippen LogP contribution in [0.2, 0.25) is 0 Å². The van der Waals surface area contributed by atoms with E-state index in [9.17, 15) is 4.79 Å². The van der Waals surface area contributed by atoms with E-state index in [0.717, 1.165) is 42.7 Å². The van der Waals surface area contributed by atoms with Crippen molar-refractivity contribution in [2.24, 2.45) is 0 Å². The van der Waals surface area contributed by atoms with Gasteiger partial charge in [0.05, 0.1) is 12.0 Å². The molecule has 24 heavy (non-hydrogen) atoms. The van der Waals surface area contributed by atoms with E-state index in [1.54, 1.807) is 11.3 Å². The normalized spacial score (nSPS) is 18.3. The molecule has 1 aromatic heterocycles. The minimum Gasteiger partial charge on any atom is -0.486 e. The average molecular weight is 343 g/mol. The first kappa shape index (κ1) is 15.5. The van der Waals surface area contributed by atoms with Crippen LogP contribution in [-0.2, 0) is 16.8 Å². The monoisotopic (exact) mass is 343 g/mol. The second-order valence-corrected chi connectivity index (χ2v) is 7.44. The van der Waals surface area contributed by atoms with Gasteiger partial charge in [0.2, 0.25) is 5.91 Å². The Morgan fingerprint density at radius 3 is 2.67 bits per heavy atom. The number of carbonyl (C=O) groups excluding carboxylic acids is 1. The average Bonchev–Trinajstić information content (AvgIpc) is 3.31. The second-order valence-electron chi connectivity index (χ2n) is 6.41. The highest BCUT2D eigenvalue weighted by Crippen LogP contribution is 2.44. The molecule has 1 saturated carbocycles. The van der Waals surface area contributed by atoms with Crippen molar-refractivity contribution in [1.82, 2.24) is 5.32 Å².